The Morgan fingerprint density at radius 1 is 0.875 bits per heavy atom. The Morgan fingerprint density at radius 2 is 1.55 bits per heavy atom. The number of benzene rings is 3. The number of fused-ring (bicyclic) bond motifs is 2. The van der Waals surface area contributed by atoms with Gasteiger partial charge in [0.15, 0.2) is 0 Å². The molecule has 2 aliphatic carbocycles. The van der Waals surface area contributed by atoms with Crippen LogP contribution in [0.25, 0.3) is 33.6 Å². The summed E-state index contributed by atoms with van der Waals surface area (Å²) in [5.41, 5.74) is 13.8. The van der Waals surface area contributed by atoms with Crippen LogP contribution in [0.3, 0.4) is 0 Å². The van der Waals surface area contributed by atoms with Crippen LogP contribution in [0.1, 0.15) is 69.8 Å². The lowest BCUT2D eigenvalue weighted by atomic mass is 9.88. The highest BCUT2D eigenvalue weighted by atomic mass is 16.5. The second-order valence-corrected chi connectivity index (χ2v) is 15.6. The molecule has 292 valence electrons. The summed E-state index contributed by atoms with van der Waals surface area (Å²) >= 11 is 0. The van der Waals surface area contributed by atoms with Gasteiger partial charge in [0, 0.05) is 24.7 Å². The van der Waals surface area contributed by atoms with Gasteiger partial charge in [-0.15, -0.1) is 0 Å². The minimum atomic E-state index is -0.654. The van der Waals surface area contributed by atoms with Crippen molar-refractivity contribution < 1.29 is 19.1 Å². The summed E-state index contributed by atoms with van der Waals surface area (Å²) in [6, 6.07) is 23.6. The monoisotopic (exact) mass is 756 g/mol. The van der Waals surface area contributed by atoms with E-state index in [9.17, 15) is 14.4 Å². The van der Waals surface area contributed by atoms with Crippen molar-refractivity contribution in [3.8, 4) is 33.6 Å². The molecule has 3 heterocycles. The molecule has 5 unspecified atom stereocenters. The van der Waals surface area contributed by atoms with Crippen LogP contribution < -0.4 is 16.4 Å². The molecule has 3 aromatic carbocycles. The van der Waals surface area contributed by atoms with Gasteiger partial charge in [-0.3, -0.25) is 9.59 Å². The highest BCUT2D eigenvalue weighted by molar-refractivity contribution is 5.86. The highest BCUT2D eigenvalue weighted by Crippen LogP contribution is 2.48. The second-order valence-electron chi connectivity index (χ2n) is 15.6. The fourth-order valence-corrected chi connectivity index (χ4v) is 8.47. The van der Waals surface area contributed by atoms with Crippen LogP contribution in [0.15, 0.2) is 91.5 Å². The number of carbonyl (C=O) groups excluding carboxylic acids is 3. The van der Waals surface area contributed by atoms with Crippen molar-refractivity contribution in [2.75, 3.05) is 19.4 Å². The zero-order chi connectivity index (χ0) is 39.2. The van der Waals surface area contributed by atoms with Crippen molar-refractivity contribution in [3.63, 3.8) is 0 Å². The number of hydrogen-bond donors (Lipinski definition) is 5. The molecule has 2 saturated carbocycles. The van der Waals surface area contributed by atoms with Gasteiger partial charge in [0.1, 0.15) is 11.9 Å². The molecular formula is C44H52N8O4. The number of aromatic nitrogens is 4. The van der Waals surface area contributed by atoms with Gasteiger partial charge in [-0.25, -0.2) is 14.8 Å². The third kappa shape index (κ3) is 8.80. The van der Waals surface area contributed by atoms with Gasteiger partial charge in [0.05, 0.1) is 43.3 Å². The lowest BCUT2D eigenvalue weighted by molar-refractivity contribution is -0.135. The summed E-state index contributed by atoms with van der Waals surface area (Å²) in [7, 11) is 1.30. The van der Waals surface area contributed by atoms with E-state index in [1.165, 1.54) is 26.4 Å². The number of amides is 3. The van der Waals surface area contributed by atoms with Crippen molar-refractivity contribution >= 4 is 23.6 Å². The first-order valence-electron chi connectivity index (χ1n) is 19.7. The molecule has 0 spiro atoms. The van der Waals surface area contributed by atoms with E-state index in [4.69, 9.17) is 10.5 Å². The zero-order valence-corrected chi connectivity index (χ0v) is 32.3. The quantitative estimate of drug-likeness (QED) is 0.0919. The van der Waals surface area contributed by atoms with Crippen molar-refractivity contribution in [2.24, 2.45) is 23.7 Å². The summed E-state index contributed by atoms with van der Waals surface area (Å²) < 4.78 is 4.72. The molecule has 1 aliphatic heterocycles. The average Bonchev–Trinajstić information content (AvgIpc) is 4.08. The maximum Gasteiger partial charge on any atom is 0.407 e. The molecule has 3 aliphatic rings. The van der Waals surface area contributed by atoms with Crippen LogP contribution in [0.2, 0.25) is 0 Å². The van der Waals surface area contributed by atoms with Gasteiger partial charge in [-0.05, 0) is 89.8 Å². The normalized spacial score (nSPS) is 20.3. The molecule has 6 N–H and O–H groups in total. The molecule has 56 heavy (non-hydrogen) atoms. The van der Waals surface area contributed by atoms with Crippen LogP contribution >= 0.6 is 0 Å². The molecular weight excluding hydrogens is 705 g/mol. The molecule has 2 bridgehead atoms. The Bertz CT molecular complexity index is 2080. The molecule has 8 rings (SSSR count). The Kier molecular flexibility index (Phi) is 11.8. The number of nitrogens with one attached hydrogen (secondary N) is 4. The Labute approximate surface area is 328 Å². The number of rotatable bonds is 10. The Balaban J connectivity index is 0.000000222. The average molecular weight is 757 g/mol. The van der Waals surface area contributed by atoms with Crippen LogP contribution in [-0.2, 0) is 20.9 Å². The van der Waals surface area contributed by atoms with E-state index in [0.29, 0.717) is 19.0 Å². The molecule has 3 amide bonds. The first-order chi connectivity index (χ1) is 27.2. The first kappa shape index (κ1) is 38.4. The minimum absolute atomic E-state index is 0.0739. The summed E-state index contributed by atoms with van der Waals surface area (Å²) in [6.07, 6.45) is 11.4. The second kappa shape index (κ2) is 17.3. The Morgan fingerprint density at radius 3 is 2.14 bits per heavy atom. The van der Waals surface area contributed by atoms with E-state index in [1.807, 2.05) is 55.4 Å². The summed E-state index contributed by atoms with van der Waals surface area (Å²) in [5.74, 6) is 2.56. The van der Waals surface area contributed by atoms with Crippen molar-refractivity contribution in [3.05, 3.63) is 103 Å². The van der Waals surface area contributed by atoms with Gasteiger partial charge in [0.2, 0.25) is 11.8 Å². The van der Waals surface area contributed by atoms with E-state index in [2.05, 4.69) is 79.1 Å². The van der Waals surface area contributed by atoms with Gasteiger partial charge < -0.3 is 36.0 Å². The first-order valence-corrected chi connectivity index (χ1v) is 19.7. The van der Waals surface area contributed by atoms with E-state index in [1.54, 1.807) is 6.33 Å². The van der Waals surface area contributed by atoms with E-state index in [0.717, 1.165) is 75.9 Å². The highest BCUT2D eigenvalue weighted by Gasteiger charge is 2.43. The predicted octanol–water partition coefficient (Wildman–Crippen LogP) is 7.50. The van der Waals surface area contributed by atoms with E-state index in [-0.39, 0.29) is 29.7 Å². The van der Waals surface area contributed by atoms with Crippen LogP contribution in [0.4, 0.5) is 10.5 Å². The number of carbonyl (C=O) groups is 3. The fraction of sp³-hybridized carbons (Fsp3) is 0.386. The summed E-state index contributed by atoms with van der Waals surface area (Å²) in [6.45, 7) is 5.06. The standard InChI is InChI=1S/C29H32N6O3.C15H20N2O/c1-18(2)26(34-29(37)38-3)28(36)35-14-4-5-25(35)27-31-16-24(33-27)22-12-8-20(9-13-22)19-6-10-21(11-7-19)23-15-30-17-32-23;16-13-5-2-10(3-6-13)9-17-15(18)14-8-11-1-4-12(14)7-11/h6-13,15-18,25-26H,4-5,14H2,1-3H3,(H,30,32)(H,31,33)(H,34,37);2-3,5-6,11-12,14H,1,4,7-9,16H2,(H,17,18). The lowest BCUT2D eigenvalue weighted by Crippen LogP contribution is -2.51. The molecule has 3 fully saturated rings. The number of imidazole rings is 2. The molecule has 2 aromatic heterocycles. The number of nitrogens with zero attached hydrogens (tertiary/aromatic N) is 3. The minimum Gasteiger partial charge on any atom is -0.453 e. The predicted molar refractivity (Wildman–Crippen MR) is 217 cm³/mol. The number of ether oxygens (including phenoxy) is 1. The van der Waals surface area contributed by atoms with Gasteiger partial charge in [-0.1, -0.05) is 80.9 Å². The van der Waals surface area contributed by atoms with Crippen LogP contribution in [0, 0.1) is 23.7 Å². The lowest BCUT2D eigenvalue weighted by Gasteiger charge is -2.30. The number of likely N-dealkylation sites (tertiary alicyclic amines) is 1. The summed E-state index contributed by atoms with van der Waals surface area (Å²) in [4.78, 5) is 54.4. The smallest absolute Gasteiger partial charge is 0.407 e. The fourth-order valence-electron chi connectivity index (χ4n) is 8.47. The number of alkyl carbamates (subject to hydrolysis) is 1. The number of nitrogens with two attached hydrogens (primary N) is 1. The summed E-state index contributed by atoms with van der Waals surface area (Å²) in [5, 5.41) is 5.75. The van der Waals surface area contributed by atoms with Crippen molar-refractivity contribution in [1.82, 2.24) is 35.5 Å². The van der Waals surface area contributed by atoms with Crippen LogP contribution in [-0.4, -0.2) is 62.4 Å². The molecule has 0 radical (unpaired) electrons. The number of anilines is 1. The molecule has 12 nitrogen and oxygen atoms in total. The third-order valence-corrected chi connectivity index (χ3v) is 11.6. The zero-order valence-electron chi connectivity index (χ0n) is 32.3. The maximum atomic E-state index is 13.4. The van der Waals surface area contributed by atoms with Gasteiger partial charge in [-0.2, -0.15) is 0 Å². The number of hydrogen-bond acceptors (Lipinski definition) is 7. The van der Waals surface area contributed by atoms with E-state index < -0.39 is 12.1 Å². The molecule has 5 aromatic rings. The van der Waals surface area contributed by atoms with Gasteiger partial charge >= 0.3 is 6.09 Å². The molecule has 1 saturated heterocycles. The molecule has 5 atom stereocenters. The SMILES string of the molecule is COC(=O)NC(C(=O)N1CCCC1c1ncc(-c2ccc(-c3ccc(-c4cnc[nH]4)cc3)cc2)[nH]1)C(C)C.Nc1ccc(CNC(=O)C2CC3CCC2C3)cc1. The maximum absolute atomic E-state index is 13.4. The third-order valence-electron chi connectivity index (χ3n) is 11.6. The number of H-pyrrole nitrogens is 2. The van der Waals surface area contributed by atoms with E-state index >= 15 is 0 Å². The van der Waals surface area contributed by atoms with Crippen molar-refractivity contribution in [2.45, 2.75) is 71.0 Å². The van der Waals surface area contributed by atoms with Gasteiger partial charge in [0.25, 0.3) is 0 Å². The largest absolute Gasteiger partial charge is 0.453 e. The van der Waals surface area contributed by atoms with Crippen LogP contribution in [0.5, 0.6) is 0 Å². The molecule has 12 heteroatoms. The number of nitrogen functional groups attached to an aromatic ring is 1. The Hall–Kier alpha value is -5.91. The number of methoxy groups -OCH3 is 1. The van der Waals surface area contributed by atoms with Crippen molar-refractivity contribution in [1.29, 1.82) is 0 Å². The number of aromatic amines is 2. The topological polar surface area (TPSA) is 171 Å².